The molecule has 102 valence electrons. The fourth-order valence-corrected chi connectivity index (χ4v) is 1.48. The Morgan fingerprint density at radius 3 is 2.70 bits per heavy atom. The summed E-state index contributed by atoms with van der Waals surface area (Å²) in [6, 6.07) is 2.80. The number of hydrogen-bond donors (Lipinski definition) is 2. The van der Waals surface area contributed by atoms with Crippen molar-refractivity contribution in [1.82, 2.24) is 14.8 Å². The number of hydrogen-bond acceptors (Lipinski definition) is 4. The van der Waals surface area contributed by atoms with Crippen molar-refractivity contribution in [2.75, 3.05) is 5.32 Å². The van der Waals surface area contributed by atoms with Crippen LogP contribution in [0, 0.1) is 0 Å². The minimum absolute atomic E-state index is 0.0751. The van der Waals surface area contributed by atoms with E-state index < -0.39 is 5.97 Å². The summed E-state index contributed by atoms with van der Waals surface area (Å²) in [7, 11) is 1.78. The fourth-order valence-electron chi connectivity index (χ4n) is 1.48. The Balaban J connectivity index is 1.97. The van der Waals surface area contributed by atoms with E-state index in [4.69, 9.17) is 5.11 Å². The van der Waals surface area contributed by atoms with Crippen LogP contribution in [0.15, 0.2) is 36.8 Å². The normalized spacial score (nSPS) is 10.7. The number of aromatic carboxylic acids is 1. The molecule has 0 saturated carbocycles. The summed E-state index contributed by atoms with van der Waals surface area (Å²) < 4.78 is 1.63. The van der Waals surface area contributed by atoms with Gasteiger partial charge in [0.2, 0.25) is 5.91 Å². The van der Waals surface area contributed by atoms with Crippen LogP contribution in [0.4, 0.5) is 5.69 Å². The van der Waals surface area contributed by atoms with Crippen LogP contribution < -0.4 is 5.32 Å². The first-order valence-electron chi connectivity index (χ1n) is 5.71. The summed E-state index contributed by atoms with van der Waals surface area (Å²) in [6.07, 6.45) is 7.68. The maximum Gasteiger partial charge on any atom is 0.354 e. The van der Waals surface area contributed by atoms with E-state index in [1.165, 1.54) is 24.4 Å². The molecule has 20 heavy (non-hydrogen) atoms. The van der Waals surface area contributed by atoms with Gasteiger partial charge in [-0.1, -0.05) is 0 Å². The molecule has 0 aliphatic rings. The zero-order chi connectivity index (χ0) is 14.5. The van der Waals surface area contributed by atoms with Crippen molar-refractivity contribution < 1.29 is 14.7 Å². The second-order valence-corrected chi connectivity index (χ2v) is 4.01. The SMILES string of the molecule is Cn1cc(/C=C/C(=O)Nc2ccc(C(=O)O)nc2)cn1. The van der Waals surface area contributed by atoms with Gasteiger partial charge in [-0.15, -0.1) is 0 Å². The van der Waals surface area contributed by atoms with E-state index >= 15 is 0 Å². The van der Waals surface area contributed by atoms with E-state index in [2.05, 4.69) is 15.4 Å². The molecule has 7 nitrogen and oxygen atoms in total. The second-order valence-electron chi connectivity index (χ2n) is 4.01. The van der Waals surface area contributed by atoms with Crippen LogP contribution in [0.25, 0.3) is 6.08 Å². The molecule has 2 rings (SSSR count). The van der Waals surface area contributed by atoms with Crippen LogP contribution in [0.3, 0.4) is 0 Å². The van der Waals surface area contributed by atoms with Gasteiger partial charge in [-0.05, 0) is 18.2 Å². The topological polar surface area (TPSA) is 97.1 Å². The monoisotopic (exact) mass is 272 g/mol. The lowest BCUT2D eigenvalue weighted by Gasteiger charge is -2.01. The van der Waals surface area contributed by atoms with Crippen molar-refractivity contribution in [2.45, 2.75) is 0 Å². The lowest BCUT2D eigenvalue weighted by Crippen LogP contribution is -2.09. The molecule has 0 radical (unpaired) electrons. The number of carbonyl (C=O) groups excluding carboxylic acids is 1. The van der Waals surface area contributed by atoms with Gasteiger partial charge in [-0.3, -0.25) is 9.48 Å². The molecule has 2 aromatic heterocycles. The Hall–Kier alpha value is -2.96. The van der Waals surface area contributed by atoms with Crippen molar-refractivity contribution in [3.63, 3.8) is 0 Å². The molecule has 0 aliphatic carbocycles. The smallest absolute Gasteiger partial charge is 0.354 e. The molecule has 1 amide bonds. The third-order valence-electron chi connectivity index (χ3n) is 2.40. The van der Waals surface area contributed by atoms with E-state index in [1.807, 2.05) is 0 Å². The van der Waals surface area contributed by atoms with E-state index in [0.29, 0.717) is 5.69 Å². The molecule has 2 heterocycles. The lowest BCUT2D eigenvalue weighted by molar-refractivity contribution is -0.111. The molecule has 0 unspecified atom stereocenters. The molecule has 0 atom stereocenters. The molecule has 0 aromatic carbocycles. The van der Waals surface area contributed by atoms with Gasteiger partial charge in [0.15, 0.2) is 0 Å². The fraction of sp³-hybridized carbons (Fsp3) is 0.0769. The first-order chi connectivity index (χ1) is 9.54. The Bertz CT molecular complexity index is 659. The molecule has 7 heteroatoms. The highest BCUT2D eigenvalue weighted by molar-refractivity contribution is 6.01. The third kappa shape index (κ3) is 3.52. The third-order valence-corrected chi connectivity index (χ3v) is 2.40. The van der Waals surface area contributed by atoms with Crippen molar-refractivity contribution >= 4 is 23.6 Å². The molecule has 2 N–H and O–H groups in total. The van der Waals surface area contributed by atoms with Gasteiger partial charge in [0, 0.05) is 24.9 Å². The maximum absolute atomic E-state index is 11.6. The quantitative estimate of drug-likeness (QED) is 0.814. The number of pyridine rings is 1. The molecular weight excluding hydrogens is 260 g/mol. The number of rotatable bonds is 4. The summed E-state index contributed by atoms with van der Waals surface area (Å²) in [5.41, 5.74) is 1.16. The van der Waals surface area contributed by atoms with Gasteiger partial charge in [-0.2, -0.15) is 5.10 Å². The highest BCUT2D eigenvalue weighted by Gasteiger charge is 2.04. The molecule has 2 aromatic rings. The highest BCUT2D eigenvalue weighted by atomic mass is 16.4. The summed E-state index contributed by atoms with van der Waals surface area (Å²) >= 11 is 0. The van der Waals surface area contributed by atoms with E-state index in [-0.39, 0.29) is 11.6 Å². The number of aromatic nitrogens is 3. The molecule has 0 fully saturated rings. The average molecular weight is 272 g/mol. The first-order valence-corrected chi connectivity index (χ1v) is 5.71. The van der Waals surface area contributed by atoms with Gasteiger partial charge in [-0.25, -0.2) is 9.78 Å². The van der Waals surface area contributed by atoms with Crippen molar-refractivity contribution in [1.29, 1.82) is 0 Å². The second kappa shape index (κ2) is 5.79. The molecule has 0 bridgehead atoms. The summed E-state index contributed by atoms with van der Waals surface area (Å²) in [4.78, 5) is 26.0. The van der Waals surface area contributed by atoms with Gasteiger partial charge in [0.1, 0.15) is 5.69 Å². The number of nitrogens with zero attached hydrogens (tertiary/aromatic N) is 3. The van der Waals surface area contributed by atoms with Gasteiger partial charge < -0.3 is 10.4 Å². The average Bonchev–Trinajstić information content (AvgIpc) is 2.83. The minimum atomic E-state index is -1.11. The van der Waals surface area contributed by atoms with E-state index in [9.17, 15) is 9.59 Å². The van der Waals surface area contributed by atoms with E-state index in [0.717, 1.165) is 5.56 Å². The predicted octanol–water partition coefficient (Wildman–Crippen LogP) is 1.17. The first kappa shape index (κ1) is 13.5. The largest absolute Gasteiger partial charge is 0.477 e. The zero-order valence-corrected chi connectivity index (χ0v) is 10.6. The Kier molecular flexibility index (Phi) is 3.90. The van der Waals surface area contributed by atoms with Crippen LogP contribution in [0.1, 0.15) is 16.1 Å². The highest BCUT2D eigenvalue weighted by Crippen LogP contribution is 2.07. The van der Waals surface area contributed by atoms with Crippen LogP contribution in [0.5, 0.6) is 0 Å². The van der Waals surface area contributed by atoms with Gasteiger partial charge >= 0.3 is 5.97 Å². The number of carbonyl (C=O) groups is 2. The van der Waals surface area contributed by atoms with Gasteiger partial charge in [0.05, 0.1) is 18.1 Å². The van der Waals surface area contributed by atoms with Crippen LogP contribution in [0.2, 0.25) is 0 Å². The zero-order valence-electron chi connectivity index (χ0n) is 10.6. The summed E-state index contributed by atoms with van der Waals surface area (Å²) in [5.74, 6) is -1.45. The maximum atomic E-state index is 11.6. The predicted molar refractivity (Wildman–Crippen MR) is 72.1 cm³/mol. The Morgan fingerprint density at radius 1 is 1.35 bits per heavy atom. The standard InChI is InChI=1S/C13H12N4O3/c1-17-8-9(6-15-17)2-5-12(18)16-10-3-4-11(13(19)20)14-7-10/h2-8H,1H3,(H,16,18)(H,19,20)/b5-2+. The van der Waals surface area contributed by atoms with Crippen molar-refractivity contribution in [3.8, 4) is 0 Å². The minimum Gasteiger partial charge on any atom is -0.477 e. The summed E-state index contributed by atoms with van der Waals surface area (Å²) in [6.45, 7) is 0. The number of nitrogens with one attached hydrogen (secondary N) is 1. The van der Waals surface area contributed by atoms with E-state index in [1.54, 1.807) is 30.2 Å². The van der Waals surface area contributed by atoms with Crippen LogP contribution >= 0.6 is 0 Å². The number of carboxylic acid groups (broad SMARTS) is 1. The Morgan fingerprint density at radius 2 is 2.15 bits per heavy atom. The molecule has 0 spiro atoms. The van der Waals surface area contributed by atoms with Crippen LogP contribution in [-0.4, -0.2) is 31.7 Å². The molecule has 0 aliphatic heterocycles. The lowest BCUT2D eigenvalue weighted by atomic mass is 10.3. The summed E-state index contributed by atoms with van der Waals surface area (Å²) in [5, 5.41) is 15.3. The number of amides is 1. The number of anilines is 1. The number of aryl methyl sites for hydroxylation is 1. The Labute approximate surface area is 114 Å². The molecular formula is C13H12N4O3. The van der Waals surface area contributed by atoms with Crippen molar-refractivity contribution in [3.05, 3.63) is 48.1 Å². The van der Waals surface area contributed by atoms with Crippen molar-refractivity contribution in [2.24, 2.45) is 7.05 Å². The number of carboxylic acids is 1. The van der Waals surface area contributed by atoms with Gasteiger partial charge in [0.25, 0.3) is 0 Å². The molecule has 0 saturated heterocycles. The van der Waals surface area contributed by atoms with Crippen LogP contribution in [-0.2, 0) is 11.8 Å².